The van der Waals surface area contributed by atoms with E-state index in [1.165, 1.54) is 50.5 Å². The molecule has 1 aromatic rings. The highest BCUT2D eigenvalue weighted by atomic mass is 14.3. The lowest BCUT2D eigenvalue weighted by Crippen LogP contribution is -2.20. The third-order valence-corrected chi connectivity index (χ3v) is 4.08. The van der Waals surface area contributed by atoms with Crippen LogP contribution in [-0.2, 0) is 5.41 Å². The van der Waals surface area contributed by atoms with Crippen LogP contribution in [0.2, 0.25) is 0 Å². The van der Waals surface area contributed by atoms with E-state index in [4.69, 9.17) is 0 Å². The molecule has 1 aromatic carbocycles. The van der Waals surface area contributed by atoms with Crippen LogP contribution in [0.25, 0.3) is 0 Å². The first-order valence-corrected chi connectivity index (χ1v) is 7.28. The minimum Gasteiger partial charge on any atom is -0.0654 e. The van der Waals surface area contributed by atoms with E-state index in [1.54, 1.807) is 0 Å². The first kappa shape index (κ1) is 14.3. The van der Waals surface area contributed by atoms with E-state index >= 15 is 0 Å². The van der Waals surface area contributed by atoms with E-state index in [9.17, 15) is 0 Å². The molecule has 17 heavy (non-hydrogen) atoms. The predicted molar refractivity (Wildman–Crippen MR) is 77.5 cm³/mol. The van der Waals surface area contributed by atoms with Crippen molar-refractivity contribution in [3.05, 3.63) is 35.9 Å². The van der Waals surface area contributed by atoms with Gasteiger partial charge in [-0.1, -0.05) is 83.2 Å². The highest BCUT2D eigenvalue weighted by molar-refractivity contribution is 5.24. The van der Waals surface area contributed by atoms with Crippen molar-refractivity contribution in [2.24, 2.45) is 0 Å². The first-order chi connectivity index (χ1) is 8.23. The summed E-state index contributed by atoms with van der Waals surface area (Å²) in [4.78, 5) is 0. The van der Waals surface area contributed by atoms with Gasteiger partial charge >= 0.3 is 0 Å². The van der Waals surface area contributed by atoms with Crippen molar-refractivity contribution in [1.82, 2.24) is 0 Å². The Morgan fingerprint density at radius 1 is 0.882 bits per heavy atom. The number of hydrogen-bond acceptors (Lipinski definition) is 0. The summed E-state index contributed by atoms with van der Waals surface area (Å²) in [6, 6.07) is 11.0. The molecule has 0 saturated carbocycles. The zero-order valence-corrected chi connectivity index (χ0v) is 11.8. The van der Waals surface area contributed by atoms with Gasteiger partial charge in [-0.05, 0) is 23.8 Å². The van der Waals surface area contributed by atoms with Gasteiger partial charge in [0.2, 0.25) is 0 Å². The topological polar surface area (TPSA) is 0 Å². The molecule has 1 unspecified atom stereocenters. The Kier molecular flexibility index (Phi) is 6.32. The lowest BCUT2D eigenvalue weighted by Gasteiger charge is -2.29. The second kappa shape index (κ2) is 7.53. The van der Waals surface area contributed by atoms with E-state index in [2.05, 4.69) is 51.1 Å². The number of unbranched alkanes of at least 4 members (excludes halogenated alkanes) is 4. The third kappa shape index (κ3) is 4.53. The Morgan fingerprint density at radius 3 is 2.12 bits per heavy atom. The molecule has 0 saturated heterocycles. The molecule has 0 radical (unpaired) electrons. The van der Waals surface area contributed by atoms with Crippen molar-refractivity contribution < 1.29 is 0 Å². The van der Waals surface area contributed by atoms with Crippen molar-refractivity contribution in [3.8, 4) is 0 Å². The molecule has 1 atom stereocenters. The van der Waals surface area contributed by atoms with Crippen LogP contribution in [0.1, 0.15) is 71.3 Å². The summed E-state index contributed by atoms with van der Waals surface area (Å²) in [5.74, 6) is 0. The van der Waals surface area contributed by atoms with Gasteiger partial charge in [0.25, 0.3) is 0 Å². The lowest BCUT2D eigenvalue weighted by atomic mass is 9.76. The van der Waals surface area contributed by atoms with Crippen LogP contribution < -0.4 is 0 Å². The Balaban J connectivity index is 2.46. The van der Waals surface area contributed by atoms with Crippen molar-refractivity contribution in [2.75, 3.05) is 0 Å². The number of hydrogen-bond donors (Lipinski definition) is 0. The molecule has 1 rings (SSSR count). The van der Waals surface area contributed by atoms with Crippen LogP contribution in [0.3, 0.4) is 0 Å². The fraction of sp³-hybridized carbons (Fsp3) is 0.647. The summed E-state index contributed by atoms with van der Waals surface area (Å²) in [7, 11) is 0. The molecule has 0 N–H and O–H groups in total. The maximum atomic E-state index is 2.42. The van der Waals surface area contributed by atoms with E-state index in [-0.39, 0.29) is 0 Å². The SMILES string of the molecule is CCCCCCCC(C)(CC)c1ccccc1. The molecule has 0 amide bonds. The molecule has 0 heterocycles. The average molecular weight is 232 g/mol. The first-order valence-electron chi connectivity index (χ1n) is 7.28. The molecule has 0 nitrogen and oxygen atoms in total. The van der Waals surface area contributed by atoms with Gasteiger partial charge in [0.1, 0.15) is 0 Å². The van der Waals surface area contributed by atoms with Crippen LogP contribution in [0.4, 0.5) is 0 Å². The molecule has 0 heteroatoms. The van der Waals surface area contributed by atoms with Gasteiger partial charge in [-0.2, -0.15) is 0 Å². The van der Waals surface area contributed by atoms with Crippen LogP contribution in [0.5, 0.6) is 0 Å². The van der Waals surface area contributed by atoms with E-state index in [0.717, 1.165) is 0 Å². The zero-order chi connectivity index (χ0) is 12.6. The fourth-order valence-electron chi connectivity index (χ4n) is 2.48. The van der Waals surface area contributed by atoms with Gasteiger partial charge in [-0.3, -0.25) is 0 Å². The number of benzene rings is 1. The lowest BCUT2D eigenvalue weighted by molar-refractivity contribution is 0.395. The summed E-state index contributed by atoms with van der Waals surface area (Å²) in [6.07, 6.45) is 9.49. The van der Waals surface area contributed by atoms with Gasteiger partial charge in [0.15, 0.2) is 0 Å². The standard InChI is InChI=1S/C17H28/c1-4-6-7-8-12-15-17(3,5-2)16-13-10-9-11-14-16/h9-11,13-14H,4-8,12,15H2,1-3H3. The second-order valence-corrected chi connectivity index (χ2v) is 5.44. The van der Waals surface area contributed by atoms with Crippen LogP contribution >= 0.6 is 0 Å². The van der Waals surface area contributed by atoms with Gasteiger partial charge in [0.05, 0.1) is 0 Å². The Morgan fingerprint density at radius 2 is 1.53 bits per heavy atom. The molecule has 96 valence electrons. The second-order valence-electron chi connectivity index (χ2n) is 5.44. The van der Waals surface area contributed by atoms with Crippen molar-refractivity contribution in [2.45, 2.75) is 71.1 Å². The van der Waals surface area contributed by atoms with Crippen LogP contribution in [0, 0.1) is 0 Å². The minimum atomic E-state index is 0.382. The van der Waals surface area contributed by atoms with E-state index < -0.39 is 0 Å². The molecule has 0 bridgehead atoms. The smallest absolute Gasteiger partial charge is 0.00779 e. The Hall–Kier alpha value is -0.780. The summed E-state index contributed by atoms with van der Waals surface area (Å²) in [5, 5.41) is 0. The highest BCUT2D eigenvalue weighted by Gasteiger charge is 2.23. The molecule has 0 fully saturated rings. The van der Waals surface area contributed by atoms with Crippen LogP contribution in [0.15, 0.2) is 30.3 Å². The monoisotopic (exact) mass is 232 g/mol. The molecule has 0 aliphatic carbocycles. The van der Waals surface area contributed by atoms with E-state index in [1.807, 2.05) is 0 Å². The molecule has 0 aromatic heterocycles. The van der Waals surface area contributed by atoms with Gasteiger partial charge in [-0.25, -0.2) is 0 Å². The minimum absolute atomic E-state index is 0.382. The third-order valence-electron chi connectivity index (χ3n) is 4.08. The summed E-state index contributed by atoms with van der Waals surface area (Å²) in [5.41, 5.74) is 1.89. The largest absolute Gasteiger partial charge is 0.0654 e. The van der Waals surface area contributed by atoms with Gasteiger partial charge in [-0.15, -0.1) is 0 Å². The summed E-state index contributed by atoms with van der Waals surface area (Å²) >= 11 is 0. The van der Waals surface area contributed by atoms with Crippen LogP contribution in [-0.4, -0.2) is 0 Å². The molecule has 0 aliphatic heterocycles. The van der Waals surface area contributed by atoms with Crippen molar-refractivity contribution in [3.63, 3.8) is 0 Å². The normalized spacial score (nSPS) is 14.5. The Labute approximate surface area is 107 Å². The highest BCUT2D eigenvalue weighted by Crippen LogP contribution is 2.33. The van der Waals surface area contributed by atoms with Crippen molar-refractivity contribution >= 4 is 0 Å². The number of rotatable bonds is 8. The molecular weight excluding hydrogens is 204 g/mol. The predicted octanol–water partition coefficient (Wildman–Crippen LogP) is 5.71. The Bertz CT molecular complexity index is 288. The maximum Gasteiger partial charge on any atom is -0.00779 e. The maximum absolute atomic E-state index is 2.42. The fourth-order valence-corrected chi connectivity index (χ4v) is 2.48. The van der Waals surface area contributed by atoms with Gasteiger partial charge < -0.3 is 0 Å². The average Bonchev–Trinajstić information content (AvgIpc) is 2.39. The summed E-state index contributed by atoms with van der Waals surface area (Å²) in [6.45, 7) is 7.02. The quantitative estimate of drug-likeness (QED) is 0.503. The van der Waals surface area contributed by atoms with E-state index in [0.29, 0.717) is 5.41 Å². The van der Waals surface area contributed by atoms with Gasteiger partial charge in [0, 0.05) is 0 Å². The molecular formula is C17H28. The molecule has 0 spiro atoms. The van der Waals surface area contributed by atoms with Crippen molar-refractivity contribution in [1.29, 1.82) is 0 Å². The molecule has 0 aliphatic rings. The zero-order valence-electron chi connectivity index (χ0n) is 11.8. The summed E-state index contributed by atoms with van der Waals surface area (Å²) < 4.78 is 0.